The van der Waals surface area contributed by atoms with E-state index in [2.05, 4.69) is 24.0 Å². The van der Waals surface area contributed by atoms with Gasteiger partial charge in [0.15, 0.2) is 0 Å². The molecule has 0 aliphatic carbocycles. The molecule has 0 aromatic heterocycles. The van der Waals surface area contributed by atoms with Crippen molar-refractivity contribution >= 4 is 5.91 Å². The van der Waals surface area contributed by atoms with E-state index in [-0.39, 0.29) is 5.91 Å². The maximum atomic E-state index is 12.4. The predicted molar refractivity (Wildman–Crippen MR) is 81.6 cm³/mol. The summed E-state index contributed by atoms with van der Waals surface area (Å²) in [7, 11) is 0. The number of aryl methyl sites for hydroxylation is 1. The monoisotopic (exact) mass is 275 g/mol. The summed E-state index contributed by atoms with van der Waals surface area (Å²) < 4.78 is 0. The summed E-state index contributed by atoms with van der Waals surface area (Å²) in [6, 6.07) is 8.20. The summed E-state index contributed by atoms with van der Waals surface area (Å²) in [5.41, 5.74) is 7.92. The van der Waals surface area contributed by atoms with Gasteiger partial charge in [-0.25, -0.2) is 0 Å². The highest BCUT2D eigenvalue weighted by Crippen LogP contribution is 2.09. The molecule has 20 heavy (non-hydrogen) atoms. The zero-order chi connectivity index (χ0) is 14.4. The Morgan fingerprint density at radius 3 is 2.85 bits per heavy atom. The Kier molecular flexibility index (Phi) is 5.56. The van der Waals surface area contributed by atoms with Crippen LogP contribution < -0.4 is 5.73 Å². The molecule has 0 unspecified atom stereocenters. The van der Waals surface area contributed by atoms with Crippen molar-refractivity contribution in [3.05, 3.63) is 35.4 Å². The van der Waals surface area contributed by atoms with Crippen molar-refractivity contribution < 1.29 is 4.79 Å². The standard InChI is InChI=1S/C16H25N3O/c1-14-4-2-5-15(12-14)13-16(20)19-8-3-7-18(9-6-17)10-11-19/h2,4-5,12H,3,6-11,13,17H2,1H3. The first-order valence-corrected chi connectivity index (χ1v) is 7.45. The smallest absolute Gasteiger partial charge is 0.227 e. The van der Waals surface area contributed by atoms with E-state index < -0.39 is 0 Å². The molecule has 4 heteroatoms. The van der Waals surface area contributed by atoms with Gasteiger partial charge < -0.3 is 15.5 Å². The van der Waals surface area contributed by atoms with Gasteiger partial charge >= 0.3 is 0 Å². The molecule has 1 heterocycles. The van der Waals surface area contributed by atoms with Crippen molar-refractivity contribution in [2.24, 2.45) is 5.73 Å². The molecule has 0 bridgehead atoms. The fourth-order valence-corrected chi connectivity index (χ4v) is 2.74. The Morgan fingerprint density at radius 2 is 2.10 bits per heavy atom. The van der Waals surface area contributed by atoms with Crippen LogP contribution in [0.3, 0.4) is 0 Å². The number of rotatable bonds is 4. The highest BCUT2D eigenvalue weighted by atomic mass is 16.2. The number of hydrogen-bond acceptors (Lipinski definition) is 3. The summed E-state index contributed by atoms with van der Waals surface area (Å²) in [5, 5.41) is 0. The van der Waals surface area contributed by atoms with Crippen molar-refractivity contribution in [3.63, 3.8) is 0 Å². The van der Waals surface area contributed by atoms with Crippen molar-refractivity contribution in [3.8, 4) is 0 Å². The quantitative estimate of drug-likeness (QED) is 0.893. The van der Waals surface area contributed by atoms with Gasteiger partial charge in [0.1, 0.15) is 0 Å². The van der Waals surface area contributed by atoms with Gasteiger partial charge in [-0.05, 0) is 25.5 Å². The first kappa shape index (κ1) is 15.0. The van der Waals surface area contributed by atoms with Gasteiger partial charge in [0.2, 0.25) is 5.91 Å². The summed E-state index contributed by atoms with van der Waals surface area (Å²) in [6.45, 7) is 7.36. The molecule has 2 N–H and O–H groups in total. The van der Waals surface area contributed by atoms with Gasteiger partial charge in [0.05, 0.1) is 6.42 Å². The van der Waals surface area contributed by atoms with E-state index in [0.29, 0.717) is 13.0 Å². The van der Waals surface area contributed by atoms with Crippen LogP contribution in [-0.2, 0) is 11.2 Å². The van der Waals surface area contributed by atoms with E-state index in [1.807, 2.05) is 17.0 Å². The topological polar surface area (TPSA) is 49.6 Å². The summed E-state index contributed by atoms with van der Waals surface area (Å²) in [4.78, 5) is 16.7. The Labute approximate surface area is 121 Å². The first-order valence-electron chi connectivity index (χ1n) is 7.45. The largest absolute Gasteiger partial charge is 0.341 e. The maximum absolute atomic E-state index is 12.4. The molecule has 1 aliphatic rings. The van der Waals surface area contributed by atoms with Crippen LogP contribution in [-0.4, -0.2) is 55.0 Å². The van der Waals surface area contributed by atoms with E-state index in [4.69, 9.17) is 5.73 Å². The van der Waals surface area contributed by atoms with E-state index in [1.165, 1.54) is 5.56 Å². The molecular formula is C16H25N3O. The molecule has 1 aromatic carbocycles. The minimum atomic E-state index is 0.241. The zero-order valence-corrected chi connectivity index (χ0v) is 12.3. The lowest BCUT2D eigenvalue weighted by Crippen LogP contribution is -2.37. The second-order valence-corrected chi connectivity index (χ2v) is 5.53. The second kappa shape index (κ2) is 7.41. The number of amides is 1. The van der Waals surface area contributed by atoms with Crippen molar-refractivity contribution in [1.82, 2.24) is 9.80 Å². The van der Waals surface area contributed by atoms with Gasteiger partial charge in [-0.3, -0.25) is 4.79 Å². The molecule has 4 nitrogen and oxygen atoms in total. The molecule has 0 saturated carbocycles. The van der Waals surface area contributed by atoms with Crippen LogP contribution in [0.2, 0.25) is 0 Å². The molecule has 0 spiro atoms. The molecule has 1 aliphatic heterocycles. The van der Waals surface area contributed by atoms with E-state index >= 15 is 0 Å². The Balaban J connectivity index is 1.89. The molecule has 0 atom stereocenters. The lowest BCUT2D eigenvalue weighted by atomic mass is 10.1. The summed E-state index contributed by atoms with van der Waals surface area (Å²) >= 11 is 0. The van der Waals surface area contributed by atoms with Gasteiger partial charge in [-0.15, -0.1) is 0 Å². The minimum absolute atomic E-state index is 0.241. The molecule has 2 rings (SSSR count). The van der Waals surface area contributed by atoms with Crippen molar-refractivity contribution in [1.29, 1.82) is 0 Å². The third-order valence-corrected chi connectivity index (χ3v) is 3.82. The number of nitrogens with zero attached hydrogens (tertiary/aromatic N) is 2. The fourth-order valence-electron chi connectivity index (χ4n) is 2.74. The highest BCUT2D eigenvalue weighted by molar-refractivity contribution is 5.78. The van der Waals surface area contributed by atoms with Gasteiger partial charge in [0.25, 0.3) is 0 Å². The zero-order valence-electron chi connectivity index (χ0n) is 12.3. The normalized spacial score (nSPS) is 17.0. The van der Waals surface area contributed by atoms with Crippen molar-refractivity contribution in [2.75, 3.05) is 39.3 Å². The van der Waals surface area contributed by atoms with Crippen LogP contribution in [0.15, 0.2) is 24.3 Å². The van der Waals surface area contributed by atoms with Crippen LogP contribution in [0.5, 0.6) is 0 Å². The van der Waals surface area contributed by atoms with E-state index in [9.17, 15) is 4.79 Å². The Hall–Kier alpha value is -1.39. The minimum Gasteiger partial charge on any atom is -0.341 e. The van der Waals surface area contributed by atoms with Gasteiger partial charge in [-0.2, -0.15) is 0 Å². The Morgan fingerprint density at radius 1 is 1.25 bits per heavy atom. The molecule has 0 radical (unpaired) electrons. The lowest BCUT2D eigenvalue weighted by molar-refractivity contribution is -0.130. The van der Waals surface area contributed by atoms with Crippen LogP contribution >= 0.6 is 0 Å². The average Bonchev–Trinajstić information content (AvgIpc) is 2.65. The number of carbonyl (C=O) groups is 1. The highest BCUT2D eigenvalue weighted by Gasteiger charge is 2.18. The lowest BCUT2D eigenvalue weighted by Gasteiger charge is -2.21. The van der Waals surface area contributed by atoms with Crippen LogP contribution in [0.25, 0.3) is 0 Å². The predicted octanol–water partition coefficient (Wildman–Crippen LogP) is 1.03. The molecule has 1 fully saturated rings. The average molecular weight is 275 g/mol. The molecule has 1 amide bonds. The number of carbonyl (C=O) groups excluding carboxylic acids is 1. The van der Waals surface area contributed by atoms with Crippen LogP contribution in [0.4, 0.5) is 0 Å². The number of hydrogen-bond donors (Lipinski definition) is 1. The van der Waals surface area contributed by atoms with E-state index in [0.717, 1.165) is 44.7 Å². The third kappa shape index (κ3) is 4.32. The van der Waals surface area contributed by atoms with Crippen LogP contribution in [0, 0.1) is 6.92 Å². The summed E-state index contributed by atoms with van der Waals surface area (Å²) in [6.07, 6.45) is 1.55. The number of nitrogens with two attached hydrogens (primary N) is 1. The number of benzene rings is 1. The van der Waals surface area contributed by atoms with Gasteiger partial charge in [-0.1, -0.05) is 29.8 Å². The molecular weight excluding hydrogens is 250 g/mol. The maximum Gasteiger partial charge on any atom is 0.227 e. The second-order valence-electron chi connectivity index (χ2n) is 5.53. The van der Waals surface area contributed by atoms with Gasteiger partial charge in [0, 0.05) is 32.7 Å². The SMILES string of the molecule is Cc1cccc(CC(=O)N2CCCN(CCN)CC2)c1. The molecule has 1 saturated heterocycles. The first-order chi connectivity index (χ1) is 9.69. The summed E-state index contributed by atoms with van der Waals surface area (Å²) in [5.74, 6) is 0.241. The molecule has 110 valence electrons. The third-order valence-electron chi connectivity index (χ3n) is 3.82. The fraction of sp³-hybridized carbons (Fsp3) is 0.562. The molecule has 1 aromatic rings. The Bertz CT molecular complexity index is 447. The van der Waals surface area contributed by atoms with E-state index in [1.54, 1.807) is 0 Å². The van der Waals surface area contributed by atoms with Crippen molar-refractivity contribution in [2.45, 2.75) is 19.8 Å². The van der Waals surface area contributed by atoms with Crippen LogP contribution in [0.1, 0.15) is 17.5 Å².